The number of carbonyl (C=O) groups excluding carboxylic acids is 1. The van der Waals surface area contributed by atoms with Gasteiger partial charge in [-0.05, 0) is 30.7 Å². The molecule has 1 amide bonds. The zero-order valence-electron chi connectivity index (χ0n) is 12.3. The van der Waals surface area contributed by atoms with Crippen LogP contribution in [0.15, 0.2) is 30.3 Å². The number of nitrogens with one attached hydrogen (secondary N) is 1. The fraction of sp³-hybridized carbons (Fsp3) is 0.562. The van der Waals surface area contributed by atoms with Crippen molar-refractivity contribution < 1.29 is 9.53 Å². The third kappa shape index (κ3) is 6.46. The first-order chi connectivity index (χ1) is 9.75. The molecule has 1 saturated heterocycles. The van der Waals surface area contributed by atoms with Crippen LogP contribution in [-0.4, -0.2) is 25.7 Å². The van der Waals surface area contributed by atoms with E-state index in [1.54, 1.807) is 0 Å². The van der Waals surface area contributed by atoms with Crippen molar-refractivity contribution in [3.63, 3.8) is 0 Å². The number of ether oxygens (including phenoxy) is 1. The zero-order chi connectivity index (χ0) is 14.2. The van der Waals surface area contributed by atoms with Crippen molar-refractivity contribution in [3.05, 3.63) is 35.9 Å². The van der Waals surface area contributed by atoms with Crippen LogP contribution < -0.4 is 11.1 Å². The van der Waals surface area contributed by atoms with E-state index in [1.165, 1.54) is 0 Å². The Bertz CT molecular complexity index is 408. The first-order valence-corrected chi connectivity index (χ1v) is 7.40. The molecule has 0 radical (unpaired) electrons. The zero-order valence-corrected chi connectivity index (χ0v) is 13.1. The first-order valence-electron chi connectivity index (χ1n) is 7.40. The molecule has 2 rings (SSSR count). The van der Waals surface area contributed by atoms with Gasteiger partial charge < -0.3 is 15.8 Å². The van der Waals surface area contributed by atoms with Gasteiger partial charge in [-0.1, -0.05) is 30.3 Å². The summed E-state index contributed by atoms with van der Waals surface area (Å²) < 4.78 is 5.32. The third-order valence-corrected chi connectivity index (χ3v) is 3.85. The SMILES string of the molecule is Cl.NC(CC(=O)NCCC1CCOCC1)c1ccccc1. The lowest BCUT2D eigenvalue weighted by molar-refractivity contribution is -0.121. The fourth-order valence-electron chi connectivity index (χ4n) is 2.54. The van der Waals surface area contributed by atoms with E-state index in [-0.39, 0.29) is 24.4 Å². The largest absolute Gasteiger partial charge is 0.381 e. The normalized spacial score (nSPS) is 16.8. The van der Waals surface area contributed by atoms with Gasteiger partial charge in [-0.3, -0.25) is 4.79 Å². The highest BCUT2D eigenvalue weighted by Gasteiger charge is 2.15. The number of nitrogens with two attached hydrogens (primary N) is 1. The quantitative estimate of drug-likeness (QED) is 0.848. The van der Waals surface area contributed by atoms with E-state index in [4.69, 9.17) is 10.5 Å². The predicted molar refractivity (Wildman–Crippen MR) is 86.4 cm³/mol. The average molecular weight is 313 g/mol. The van der Waals surface area contributed by atoms with Crippen LogP contribution in [0, 0.1) is 5.92 Å². The van der Waals surface area contributed by atoms with Gasteiger partial charge in [-0.2, -0.15) is 0 Å². The van der Waals surface area contributed by atoms with E-state index >= 15 is 0 Å². The molecule has 1 heterocycles. The molecule has 0 aliphatic carbocycles. The molecule has 0 bridgehead atoms. The molecule has 1 aromatic carbocycles. The standard InChI is InChI=1S/C16H24N2O2.ClH/c17-15(14-4-2-1-3-5-14)12-16(19)18-9-6-13-7-10-20-11-8-13;/h1-5,13,15H,6-12,17H2,(H,18,19);1H. The summed E-state index contributed by atoms with van der Waals surface area (Å²) in [6.07, 6.45) is 3.60. The van der Waals surface area contributed by atoms with E-state index in [1.807, 2.05) is 30.3 Å². The Kier molecular flexibility index (Phi) is 8.35. The van der Waals surface area contributed by atoms with Crippen LogP contribution in [0.3, 0.4) is 0 Å². The molecular formula is C16H25ClN2O2. The van der Waals surface area contributed by atoms with Gasteiger partial charge in [-0.15, -0.1) is 12.4 Å². The Morgan fingerprint density at radius 3 is 2.62 bits per heavy atom. The fourth-order valence-corrected chi connectivity index (χ4v) is 2.54. The molecule has 0 aromatic heterocycles. The molecule has 1 unspecified atom stereocenters. The molecule has 1 fully saturated rings. The molecule has 1 aliphatic heterocycles. The summed E-state index contributed by atoms with van der Waals surface area (Å²) in [6.45, 7) is 2.46. The van der Waals surface area contributed by atoms with Gasteiger partial charge in [0.05, 0.1) is 0 Å². The van der Waals surface area contributed by atoms with Gasteiger partial charge in [0.25, 0.3) is 0 Å². The second kappa shape index (κ2) is 9.77. The van der Waals surface area contributed by atoms with Crippen LogP contribution in [0.25, 0.3) is 0 Å². The van der Waals surface area contributed by atoms with Gasteiger partial charge in [0.1, 0.15) is 0 Å². The minimum absolute atomic E-state index is 0. The summed E-state index contributed by atoms with van der Waals surface area (Å²) in [5.74, 6) is 0.722. The molecule has 1 aromatic rings. The van der Waals surface area contributed by atoms with E-state index in [9.17, 15) is 4.79 Å². The number of carbonyl (C=O) groups is 1. The van der Waals surface area contributed by atoms with E-state index in [2.05, 4.69) is 5.32 Å². The van der Waals surface area contributed by atoms with Crippen molar-refractivity contribution >= 4 is 18.3 Å². The number of benzene rings is 1. The smallest absolute Gasteiger partial charge is 0.221 e. The Balaban J connectivity index is 0.00000220. The summed E-state index contributed by atoms with van der Waals surface area (Å²) in [5, 5.41) is 2.97. The second-order valence-corrected chi connectivity index (χ2v) is 5.42. The topological polar surface area (TPSA) is 64.4 Å². The molecular weight excluding hydrogens is 288 g/mol. The maximum Gasteiger partial charge on any atom is 0.221 e. The Hall–Kier alpha value is -1.10. The van der Waals surface area contributed by atoms with Crippen LogP contribution in [0.2, 0.25) is 0 Å². The first kappa shape index (κ1) is 18.0. The minimum atomic E-state index is -0.223. The van der Waals surface area contributed by atoms with Crippen LogP contribution in [0.1, 0.15) is 37.3 Å². The van der Waals surface area contributed by atoms with Crippen molar-refractivity contribution in [2.45, 2.75) is 31.7 Å². The van der Waals surface area contributed by atoms with Gasteiger partial charge >= 0.3 is 0 Å². The monoisotopic (exact) mass is 312 g/mol. The van der Waals surface area contributed by atoms with Crippen LogP contribution in [0.5, 0.6) is 0 Å². The van der Waals surface area contributed by atoms with Gasteiger partial charge in [0.15, 0.2) is 0 Å². The van der Waals surface area contributed by atoms with E-state index in [0.29, 0.717) is 12.3 Å². The molecule has 3 N–H and O–H groups in total. The Morgan fingerprint density at radius 1 is 1.29 bits per heavy atom. The average Bonchev–Trinajstić information content (AvgIpc) is 2.49. The van der Waals surface area contributed by atoms with Gasteiger partial charge in [0.2, 0.25) is 5.91 Å². The molecule has 0 saturated carbocycles. The van der Waals surface area contributed by atoms with Gasteiger partial charge in [-0.25, -0.2) is 0 Å². The number of hydrogen-bond acceptors (Lipinski definition) is 3. The van der Waals surface area contributed by atoms with Crippen molar-refractivity contribution in [3.8, 4) is 0 Å². The van der Waals surface area contributed by atoms with Crippen molar-refractivity contribution in [1.29, 1.82) is 0 Å². The third-order valence-electron chi connectivity index (χ3n) is 3.85. The van der Waals surface area contributed by atoms with E-state index < -0.39 is 0 Å². The van der Waals surface area contributed by atoms with E-state index in [0.717, 1.165) is 44.6 Å². The summed E-state index contributed by atoms with van der Waals surface area (Å²) in [5.41, 5.74) is 7.04. The minimum Gasteiger partial charge on any atom is -0.381 e. The lowest BCUT2D eigenvalue weighted by Gasteiger charge is -2.22. The predicted octanol–water partition coefficient (Wildman–Crippen LogP) is 2.43. The number of amides is 1. The van der Waals surface area contributed by atoms with Crippen LogP contribution >= 0.6 is 12.4 Å². The van der Waals surface area contributed by atoms with Crippen molar-refractivity contribution in [2.24, 2.45) is 11.7 Å². The molecule has 0 spiro atoms. The highest BCUT2D eigenvalue weighted by molar-refractivity contribution is 5.85. The number of rotatable bonds is 6. The Morgan fingerprint density at radius 2 is 1.95 bits per heavy atom. The maximum absolute atomic E-state index is 11.9. The molecule has 21 heavy (non-hydrogen) atoms. The molecule has 1 atom stereocenters. The highest BCUT2D eigenvalue weighted by Crippen LogP contribution is 2.17. The highest BCUT2D eigenvalue weighted by atomic mass is 35.5. The summed E-state index contributed by atoms with van der Waals surface area (Å²) in [6, 6.07) is 9.53. The summed E-state index contributed by atoms with van der Waals surface area (Å²) in [4.78, 5) is 11.9. The lowest BCUT2D eigenvalue weighted by Crippen LogP contribution is -2.30. The number of halogens is 1. The molecule has 4 nitrogen and oxygen atoms in total. The van der Waals surface area contributed by atoms with Crippen LogP contribution in [0.4, 0.5) is 0 Å². The summed E-state index contributed by atoms with van der Waals surface area (Å²) in [7, 11) is 0. The number of hydrogen-bond donors (Lipinski definition) is 2. The van der Waals surface area contributed by atoms with Gasteiger partial charge in [0, 0.05) is 32.2 Å². The maximum atomic E-state index is 11.9. The molecule has 118 valence electrons. The van der Waals surface area contributed by atoms with Crippen molar-refractivity contribution in [2.75, 3.05) is 19.8 Å². The molecule has 1 aliphatic rings. The van der Waals surface area contributed by atoms with Crippen LogP contribution in [-0.2, 0) is 9.53 Å². The summed E-state index contributed by atoms with van der Waals surface area (Å²) >= 11 is 0. The second-order valence-electron chi connectivity index (χ2n) is 5.42. The lowest BCUT2D eigenvalue weighted by atomic mass is 9.96. The Labute approximate surface area is 132 Å². The van der Waals surface area contributed by atoms with Crippen molar-refractivity contribution in [1.82, 2.24) is 5.32 Å². The molecule has 5 heteroatoms.